The van der Waals surface area contributed by atoms with Gasteiger partial charge in [-0.05, 0) is 30.3 Å². The number of ether oxygens (including phenoxy) is 1. The lowest BCUT2D eigenvalue weighted by Crippen LogP contribution is -2.12. The van der Waals surface area contributed by atoms with Crippen LogP contribution < -0.4 is 16.2 Å². The molecule has 2 rings (SSSR count). The van der Waals surface area contributed by atoms with E-state index >= 15 is 0 Å². The van der Waals surface area contributed by atoms with Crippen molar-refractivity contribution in [2.45, 2.75) is 9.79 Å². The van der Waals surface area contributed by atoms with Crippen molar-refractivity contribution in [3.05, 3.63) is 48.0 Å². The topological polar surface area (TPSA) is 78.3 Å². The summed E-state index contributed by atoms with van der Waals surface area (Å²) in [5.74, 6) is 0.254. The van der Waals surface area contributed by atoms with Crippen molar-refractivity contribution in [2.75, 3.05) is 12.8 Å². The van der Waals surface area contributed by atoms with Gasteiger partial charge in [0.1, 0.15) is 5.75 Å². The van der Waals surface area contributed by atoms with Crippen LogP contribution in [0.3, 0.4) is 0 Å². The zero-order valence-corrected chi connectivity index (χ0v) is 11.2. The van der Waals surface area contributed by atoms with Gasteiger partial charge < -0.3 is 16.2 Å². The lowest BCUT2D eigenvalue weighted by atomic mass is 10.2. The molecule has 19 heavy (non-hydrogen) atoms. The number of carbonyl (C=O) groups is 1. The molecule has 0 heterocycles. The van der Waals surface area contributed by atoms with Gasteiger partial charge in [-0.25, -0.2) is 0 Å². The molecule has 1 amide bonds. The zero-order chi connectivity index (χ0) is 13.8. The Morgan fingerprint density at radius 2 is 1.89 bits per heavy atom. The highest BCUT2D eigenvalue weighted by Gasteiger charge is 2.12. The van der Waals surface area contributed by atoms with E-state index in [0.717, 1.165) is 15.5 Å². The van der Waals surface area contributed by atoms with Gasteiger partial charge in [0.2, 0.25) is 5.91 Å². The lowest BCUT2D eigenvalue weighted by molar-refractivity contribution is 0.0997. The number of rotatable bonds is 4. The Balaban J connectivity index is 2.41. The van der Waals surface area contributed by atoms with Gasteiger partial charge in [0.25, 0.3) is 0 Å². The van der Waals surface area contributed by atoms with E-state index in [1.807, 2.05) is 24.3 Å². The second-order valence-corrected chi connectivity index (χ2v) is 4.96. The Labute approximate surface area is 115 Å². The number of hydrogen-bond donors (Lipinski definition) is 2. The molecule has 98 valence electrons. The third-order valence-corrected chi connectivity index (χ3v) is 3.69. The van der Waals surface area contributed by atoms with Crippen LogP contribution in [-0.4, -0.2) is 13.0 Å². The number of carbonyl (C=O) groups excluding carboxylic acids is 1. The first-order valence-electron chi connectivity index (χ1n) is 5.62. The number of hydrogen-bond acceptors (Lipinski definition) is 4. The molecule has 4 N–H and O–H groups in total. The summed E-state index contributed by atoms with van der Waals surface area (Å²) in [6, 6.07) is 12.7. The summed E-state index contributed by atoms with van der Waals surface area (Å²) in [6.45, 7) is 0. The molecule has 0 spiro atoms. The minimum Gasteiger partial charge on any atom is -0.496 e. The van der Waals surface area contributed by atoms with Crippen LogP contribution in [-0.2, 0) is 0 Å². The number of primary amides is 1. The van der Waals surface area contributed by atoms with Gasteiger partial charge in [0.05, 0.1) is 17.6 Å². The molecule has 0 saturated carbocycles. The fourth-order valence-electron chi connectivity index (χ4n) is 1.65. The SMILES string of the molecule is COc1ccccc1Sc1ccc(N)cc1C(N)=O. The Bertz CT molecular complexity index is 614. The van der Waals surface area contributed by atoms with Crippen LogP contribution in [0.15, 0.2) is 52.3 Å². The Morgan fingerprint density at radius 1 is 1.16 bits per heavy atom. The molecule has 0 aliphatic heterocycles. The molecule has 4 nitrogen and oxygen atoms in total. The molecule has 0 radical (unpaired) electrons. The zero-order valence-electron chi connectivity index (χ0n) is 10.4. The summed E-state index contributed by atoms with van der Waals surface area (Å²) >= 11 is 1.42. The predicted octanol–water partition coefficient (Wildman–Crippen LogP) is 2.53. The number of anilines is 1. The van der Waals surface area contributed by atoms with Crippen LogP contribution in [0.4, 0.5) is 5.69 Å². The van der Waals surface area contributed by atoms with Crippen molar-refractivity contribution in [1.82, 2.24) is 0 Å². The summed E-state index contributed by atoms with van der Waals surface area (Å²) < 4.78 is 5.28. The number of benzene rings is 2. The molecule has 0 aliphatic carbocycles. The van der Waals surface area contributed by atoms with E-state index in [4.69, 9.17) is 16.2 Å². The van der Waals surface area contributed by atoms with Gasteiger partial charge >= 0.3 is 0 Å². The number of nitrogen functional groups attached to an aromatic ring is 1. The monoisotopic (exact) mass is 274 g/mol. The average Bonchev–Trinajstić information content (AvgIpc) is 2.41. The average molecular weight is 274 g/mol. The molecule has 0 bridgehead atoms. The molecule has 0 saturated heterocycles. The Morgan fingerprint density at radius 3 is 2.58 bits per heavy atom. The fraction of sp³-hybridized carbons (Fsp3) is 0.0714. The van der Waals surface area contributed by atoms with Gasteiger partial charge in [0.15, 0.2) is 0 Å². The minimum absolute atomic E-state index is 0.413. The second kappa shape index (κ2) is 5.67. The third-order valence-electron chi connectivity index (χ3n) is 2.56. The summed E-state index contributed by atoms with van der Waals surface area (Å²) in [4.78, 5) is 13.1. The van der Waals surface area contributed by atoms with E-state index in [-0.39, 0.29) is 0 Å². The summed E-state index contributed by atoms with van der Waals surface area (Å²) in [5, 5.41) is 0. The third kappa shape index (κ3) is 3.00. The molecule has 2 aromatic rings. The normalized spacial score (nSPS) is 10.2. The van der Waals surface area contributed by atoms with Gasteiger partial charge in [0, 0.05) is 10.6 Å². The molecule has 0 aromatic heterocycles. The van der Waals surface area contributed by atoms with E-state index in [2.05, 4.69) is 0 Å². The smallest absolute Gasteiger partial charge is 0.249 e. The van der Waals surface area contributed by atoms with E-state index in [1.165, 1.54) is 11.8 Å². The maximum atomic E-state index is 11.4. The van der Waals surface area contributed by atoms with Gasteiger partial charge in [-0.1, -0.05) is 23.9 Å². The molecule has 0 fully saturated rings. The predicted molar refractivity (Wildman–Crippen MR) is 76.5 cm³/mol. The number of methoxy groups -OCH3 is 1. The van der Waals surface area contributed by atoms with Gasteiger partial charge in [-0.15, -0.1) is 0 Å². The highest BCUT2D eigenvalue weighted by molar-refractivity contribution is 7.99. The quantitative estimate of drug-likeness (QED) is 0.840. The van der Waals surface area contributed by atoms with E-state index in [1.54, 1.807) is 25.3 Å². The van der Waals surface area contributed by atoms with Crippen molar-refractivity contribution in [3.63, 3.8) is 0 Å². The van der Waals surface area contributed by atoms with Crippen molar-refractivity contribution < 1.29 is 9.53 Å². The standard InChI is InChI=1S/C14H14N2O2S/c1-18-11-4-2-3-5-13(11)19-12-7-6-9(15)8-10(12)14(16)17/h2-8H,15H2,1H3,(H2,16,17). The Kier molecular flexibility index (Phi) is 3.97. The molecular formula is C14H14N2O2S. The van der Waals surface area contributed by atoms with Gasteiger partial charge in [-0.3, -0.25) is 4.79 Å². The maximum absolute atomic E-state index is 11.4. The van der Waals surface area contributed by atoms with Crippen LogP contribution in [0, 0.1) is 0 Å². The number of para-hydroxylation sites is 1. The van der Waals surface area contributed by atoms with Crippen molar-refractivity contribution in [3.8, 4) is 5.75 Å². The second-order valence-electron chi connectivity index (χ2n) is 3.87. The number of nitrogens with two attached hydrogens (primary N) is 2. The summed E-state index contributed by atoms with van der Waals surface area (Å²) in [6.07, 6.45) is 0. The first-order chi connectivity index (χ1) is 9.11. The van der Waals surface area contributed by atoms with Crippen LogP contribution in [0.25, 0.3) is 0 Å². The summed E-state index contributed by atoms with van der Waals surface area (Å²) in [7, 11) is 1.61. The fourth-order valence-corrected chi connectivity index (χ4v) is 2.69. The first kappa shape index (κ1) is 13.3. The minimum atomic E-state index is -0.496. The number of amides is 1. The molecule has 2 aromatic carbocycles. The molecule has 0 aliphatic rings. The Hall–Kier alpha value is -2.14. The maximum Gasteiger partial charge on any atom is 0.249 e. The van der Waals surface area contributed by atoms with E-state index in [0.29, 0.717) is 11.3 Å². The van der Waals surface area contributed by atoms with E-state index < -0.39 is 5.91 Å². The van der Waals surface area contributed by atoms with Crippen molar-refractivity contribution >= 4 is 23.4 Å². The molecule has 0 unspecified atom stereocenters. The highest BCUT2D eigenvalue weighted by atomic mass is 32.2. The first-order valence-corrected chi connectivity index (χ1v) is 6.43. The largest absolute Gasteiger partial charge is 0.496 e. The van der Waals surface area contributed by atoms with Crippen LogP contribution in [0.2, 0.25) is 0 Å². The van der Waals surface area contributed by atoms with Crippen LogP contribution in [0.5, 0.6) is 5.75 Å². The van der Waals surface area contributed by atoms with Crippen molar-refractivity contribution in [2.24, 2.45) is 5.73 Å². The van der Waals surface area contributed by atoms with Gasteiger partial charge in [-0.2, -0.15) is 0 Å². The lowest BCUT2D eigenvalue weighted by Gasteiger charge is -2.10. The van der Waals surface area contributed by atoms with Crippen LogP contribution in [0.1, 0.15) is 10.4 Å². The molecule has 5 heteroatoms. The van der Waals surface area contributed by atoms with E-state index in [9.17, 15) is 4.79 Å². The van der Waals surface area contributed by atoms with Crippen molar-refractivity contribution in [1.29, 1.82) is 0 Å². The summed E-state index contributed by atoms with van der Waals surface area (Å²) in [5.41, 5.74) is 12.0. The molecule has 0 atom stereocenters. The highest BCUT2D eigenvalue weighted by Crippen LogP contribution is 2.36. The van der Waals surface area contributed by atoms with Crippen LogP contribution >= 0.6 is 11.8 Å². The molecular weight excluding hydrogens is 260 g/mol.